The number of hydrogen-bond acceptors (Lipinski definition) is 4. The number of aromatic nitrogens is 2. The molecule has 0 unspecified atom stereocenters. The van der Waals surface area contributed by atoms with E-state index in [1.165, 1.54) is 5.56 Å². The van der Waals surface area contributed by atoms with Gasteiger partial charge in [-0.25, -0.2) is 4.98 Å². The summed E-state index contributed by atoms with van der Waals surface area (Å²) in [5, 5.41) is 6.25. The average molecular weight is 346 g/mol. The van der Waals surface area contributed by atoms with Crippen molar-refractivity contribution in [1.29, 1.82) is 0 Å². The van der Waals surface area contributed by atoms with Crippen molar-refractivity contribution in [3.63, 3.8) is 0 Å². The second-order valence-corrected chi connectivity index (χ2v) is 6.37. The smallest absolute Gasteiger partial charge is 0.274 e. The maximum absolute atomic E-state index is 12.5. The maximum atomic E-state index is 12.5. The molecule has 0 aliphatic rings. The van der Waals surface area contributed by atoms with E-state index in [-0.39, 0.29) is 5.91 Å². The molecule has 26 heavy (non-hydrogen) atoms. The molecular weight excluding hydrogens is 324 g/mol. The van der Waals surface area contributed by atoms with Gasteiger partial charge in [0.05, 0.1) is 11.9 Å². The Hall–Kier alpha value is -3.21. The van der Waals surface area contributed by atoms with Crippen LogP contribution in [0.25, 0.3) is 0 Å². The Balaban J connectivity index is 1.66. The van der Waals surface area contributed by atoms with Crippen molar-refractivity contribution in [1.82, 2.24) is 9.97 Å². The Morgan fingerprint density at radius 2 is 1.69 bits per heavy atom. The maximum Gasteiger partial charge on any atom is 0.274 e. The molecule has 3 rings (SSSR count). The van der Waals surface area contributed by atoms with Crippen LogP contribution < -0.4 is 10.6 Å². The molecule has 0 fully saturated rings. The zero-order valence-corrected chi connectivity index (χ0v) is 15.2. The van der Waals surface area contributed by atoms with Gasteiger partial charge >= 0.3 is 0 Å². The highest BCUT2D eigenvalue weighted by molar-refractivity contribution is 6.03. The van der Waals surface area contributed by atoms with Crippen molar-refractivity contribution in [2.45, 2.75) is 27.3 Å². The molecule has 2 N–H and O–H groups in total. The number of carbonyl (C=O) groups excluding carboxylic acids is 1. The Labute approximate surface area is 153 Å². The zero-order valence-electron chi connectivity index (χ0n) is 15.2. The topological polar surface area (TPSA) is 66.9 Å². The van der Waals surface area contributed by atoms with E-state index in [1.807, 2.05) is 39.0 Å². The Morgan fingerprint density at radius 3 is 2.31 bits per heavy atom. The summed E-state index contributed by atoms with van der Waals surface area (Å²) in [5.74, 6) is -0.208. The van der Waals surface area contributed by atoms with Crippen molar-refractivity contribution < 1.29 is 4.79 Å². The van der Waals surface area contributed by atoms with Crippen LogP contribution in [0.2, 0.25) is 0 Å². The second kappa shape index (κ2) is 7.78. The largest absolute Gasteiger partial charge is 0.380 e. The number of aryl methyl sites for hydroxylation is 3. The number of anilines is 2. The Kier molecular flexibility index (Phi) is 5.27. The van der Waals surface area contributed by atoms with E-state index in [0.717, 1.165) is 28.1 Å². The van der Waals surface area contributed by atoms with Crippen LogP contribution >= 0.6 is 0 Å². The lowest BCUT2D eigenvalue weighted by Gasteiger charge is -2.13. The van der Waals surface area contributed by atoms with Gasteiger partial charge in [-0.2, -0.15) is 0 Å². The molecule has 0 aliphatic heterocycles. The van der Waals surface area contributed by atoms with Gasteiger partial charge in [0, 0.05) is 24.6 Å². The summed E-state index contributed by atoms with van der Waals surface area (Å²) in [6.07, 6.45) is 5.19. The third-order valence-corrected chi connectivity index (χ3v) is 4.16. The molecule has 0 aliphatic carbocycles. The molecule has 0 bridgehead atoms. The fraction of sp³-hybridized carbons (Fsp3) is 0.190. The van der Waals surface area contributed by atoms with E-state index in [0.29, 0.717) is 12.2 Å². The lowest BCUT2D eigenvalue weighted by molar-refractivity contribution is 0.102. The second-order valence-electron chi connectivity index (χ2n) is 6.37. The standard InChI is InChI=1S/C21H22N4O/c1-14-10-15(2)20(16(3)11-14)25-21(26)19-5-4-18(13-24-19)23-12-17-6-8-22-9-7-17/h4-11,13,23H,12H2,1-3H3,(H,25,26). The molecular formula is C21H22N4O. The van der Waals surface area contributed by atoms with E-state index in [4.69, 9.17) is 0 Å². The number of nitrogens with zero attached hydrogens (tertiary/aromatic N) is 2. The summed E-state index contributed by atoms with van der Waals surface area (Å²) in [5.41, 5.74) is 6.51. The van der Waals surface area contributed by atoms with E-state index in [2.05, 4.69) is 32.7 Å². The number of pyridine rings is 2. The summed E-state index contributed by atoms with van der Waals surface area (Å²) in [6, 6.07) is 11.6. The van der Waals surface area contributed by atoms with Crippen molar-refractivity contribution in [3.05, 3.63) is 82.9 Å². The van der Waals surface area contributed by atoms with Gasteiger partial charge in [0.25, 0.3) is 5.91 Å². The minimum atomic E-state index is -0.208. The van der Waals surface area contributed by atoms with Crippen molar-refractivity contribution in [2.75, 3.05) is 10.6 Å². The zero-order chi connectivity index (χ0) is 18.5. The predicted octanol–water partition coefficient (Wildman–Crippen LogP) is 4.27. The molecule has 0 saturated carbocycles. The van der Waals surface area contributed by atoms with Crippen LogP contribution in [0.15, 0.2) is 55.0 Å². The SMILES string of the molecule is Cc1cc(C)c(NC(=O)c2ccc(NCc3ccncc3)cn2)c(C)c1. The molecule has 1 amide bonds. The molecule has 5 heteroatoms. The highest BCUT2D eigenvalue weighted by Gasteiger charge is 2.11. The number of carbonyl (C=O) groups is 1. The molecule has 3 aromatic rings. The summed E-state index contributed by atoms with van der Waals surface area (Å²) in [6.45, 7) is 6.71. The molecule has 0 spiro atoms. The van der Waals surface area contributed by atoms with Crippen molar-refractivity contribution in [2.24, 2.45) is 0 Å². The number of benzene rings is 1. The van der Waals surface area contributed by atoms with Gasteiger partial charge in [-0.05, 0) is 61.7 Å². The first-order valence-electron chi connectivity index (χ1n) is 8.51. The fourth-order valence-electron chi connectivity index (χ4n) is 2.89. The van der Waals surface area contributed by atoms with Crippen LogP contribution in [0, 0.1) is 20.8 Å². The fourth-order valence-corrected chi connectivity index (χ4v) is 2.89. The van der Waals surface area contributed by atoms with E-state index < -0.39 is 0 Å². The summed E-state index contributed by atoms with van der Waals surface area (Å²) in [7, 11) is 0. The van der Waals surface area contributed by atoms with Crippen LogP contribution in [-0.2, 0) is 6.54 Å². The lowest BCUT2D eigenvalue weighted by Crippen LogP contribution is -2.15. The van der Waals surface area contributed by atoms with Gasteiger partial charge in [0.2, 0.25) is 0 Å². The minimum Gasteiger partial charge on any atom is -0.380 e. The van der Waals surface area contributed by atoms with Crippen molar-refractivity contribution in [3.8, 4) is 0 Å². The average Bonchev–Trinajstić information content (AvgIpc) is 2.64. The highest BCUT2D eigenvalue weighted by atomic mass is 16.1. The molecule has 132 valence electrons. The van der Waals surface area contributed by atoms with Gasteiger partial charge in [-0.1, -0.05) is 17.7 Å². The summed E-state index contributed by atoms with van der Waals surface area (Å²) in [4.78, 5) is 20.8. The lowest BCUT2D eigenvalue weighted by atomic mass is 10.0. The molecule has 1 aromatic carbocycles. The van der Waals surface area contributed by atoms with Gasteiger partial charge in [0.15, 0.2) is 0 Å². The van der Waals surface area contributed by atoms with Gasteiger partial charge < -0.3 is 10.6 Å². The predicted molar refractivity (Wildman–Crippen MR) is 104 cm³/mol. The first kappa shape index (κ1) is 17.6. The normalized spacial score (nSPS) is 10.4. The molecule has 0 radical (unpaired) electrons. The monoisotopic (exact) mass is 346 g/mol. The van der Waals surface area contributed by atoms with Crippen LogP contribution in [0.3, 0.4) is 0 Å². The number of amides is 1. The third-order valence-electron chi connectivity index (χ3n) is 4.16. The minimum absolute atomic E-state index is 0.208. The molecule has 0 saturated heterocycles. The van der Waals surface area contributed by atoms with Crippen LogP contribution in [0.1, 0.15) is 32.7 Å². The summed E-state index contributed by atoms with van der Waals surface area (Å²) >= 11 is 0. The molecule has 5 nitrogen and oxygen atoms in total. The Morgan fingerprint density at radius 1 is 1.00 bits per heavy atom. The first-order valence-corrected chi connectivity index (χ1v) is 8.51. The van der Waals surface area contributed by atoms with E-state index in [9.17, 15) is 4.79 Å². The van der Waals surface area contributed by atoms with Crippen LogP contribution in [0.4, 0.5) is 11.4 Å². The molecule has 2 heterocycles. The van der Waals surface area contributed by atoms with Gasteiger partial charge in [-0.3, -0.25) is 9.78 Å². The highest BCUT2D eigenvalue weighted by Crippen LogP contribution is 2.22. The third kappa shape index (κ3) is 4.25. The van der Waals surface area contributed by atoms with Crippen molar-refractivity contribution >= 4 is 17.3 Å². The quantitative estimate of drug-likeness (QED) is 0.724. The molecule has 0 atom stereocenters. The van der Waals surface area contributed by atoms with E-state index >= 15 is 0 Å². The first-order chi connectivity index (χ1) is 12.5. The number of rotatable bonds is 5. The van der Waals surface area contributed by atoms with E-state index in [1.54, 1.807) is 24.7 Å². The number of nitrogens with one attached hydrogen (secondary N) is 2. The summed E-state index contributed by atoms with van der Waals surface area (Å²) < 4.78 is 0. The van der Waals surface area contributed by atoms with Gasteiger partial charge in [-0.15, -0.1) is 0 Å². The number of hydrogen-bond donors (Lipinski definition) is 2. The van der Waals surface area contributed by atoms with Crippen LogP contribution in [0.5, 0.6) is 0 Å². The van der Waals surface area contributed by atoms with Crippen LogP contribution in [-0.4, -0.2) is 15.9 Å². The van der Waals surface area contributed by atoms with Gasteiger partial charge in [0.1, 0.15) is 5.69 Å². The Bertz CT molecular complexity index is 882. The molecule has 2 aromatic heterocycles.